The lowest BCUT2D eigenvalue weighted by molar-refractivity contribution is 0.0122. The van der Waals surface area contributed by atoms with Gasteiger partial charge < -0.3 is 33.5 Å². The highest BCUT2D eigenvalue weighted by molar-refractivity contribution is 6.03. The maximum Gasteiger partial charge on any atom is 0.410 e. The first-order valence-electron chi connectivity index (χ1n) is 20.9. The molecule has 4 atom stereocenters. The summed E-state index contributed by atoms with van der Waals surface area (Å²) in [6.45, 7) is 12.2. The van der Waals surface area contributed by atoms with Crippen LogP contribution in [0.4, 0.5) is 15.0 Å². The zero-order chi connectivity index (χ0) is 39.1. The largest absolute Gasteiger partial charge is 0.468 e. The third-order valence-corrected chi connectivity index (χ3v) is 13.3. The molecule has 4 aliphatic heterocycles. The summed E-state index contributed by atoms with van der Waals surface area (Å²) in [5.41, 5.74) is 3.52. The average Bonchev–Trinajstić information content (AvgIpc) is 3.52. The summed E-state index contributed by atoms with van der Waals surface area (Å²) in [5.74, 6) is 2.10. The van der Waals surface area contributed by atoms with Gasteiger partial charge in [0, 0.05) is 68.0 Å². The van der Waals surface area contributed by atoms with Crippen LogP contribution in [0.5, 0.6) is 11.8 Å². The van der Waals surface area contributed by atoms with Gasteiger partial charge in [-0.1, -0.05) is 18.2 Å². The topological polar surface area (TPSA) is 98.7 Å². The molecule has 2 unspecified atom stereocenters. The van der Waals surface area contributed by atoms with Crippen LogP contribution in [0.2, 0.25) is 0 Å². The smallest absolute Gasteiger partial charge is 0.410 e. The molecular formula is C45H54FN5O6. The molecule has 10 rings (SSSR count). The van der Waals surface area contributed by atoms with E-state index >= 15 is 4.39 Å². The van der Waals surface area contributed by atoms with Gasteiger partial charge in [-0.25, -0.2) is 9.18 Å². The number of hydrogen-bond acceptors (Lipinski definition) is 10. The summed E-state index contributed by atoms with van der Waals surface area (Å²) < 4.78 is 46.9. The van der Waals surface area contributed by atoms with Crippen LogP contribution in [-0.4, -0.2) is 110 Å². The van der Waals surface area contributed by atoms with Crippen LogP contribution in [-0.2, 0) is 27.1 Å². The van der Waals surface area contributed by atoms with Crippen molar-refractivity contribution in [2.75, 3.05) is 71.3 Å². The number of fused-ring (bicyclic) bond motifs is 7. The number of hydrogen-bond donors (Lipinski definition) is 0. The number of methoxy groups -OCH3 is 1. The number of benzene rings is 3. The monoisotopic (exact) mass is 779 g/mol. The van der Waals surface area contributed by atoms with Gasteiger partial charge in [-0.05, 0) is 111 Å². The third-order valence-electron chi connectivity index (χ3n) is 13.3. The fraction of sp³-hybridized carbons (Fsp3) is 0.578. The van der Waals surface area contributed by atoms with Crippen molar-refractivity contribution in [1.29, 1.82) is 0 Å². The van der Waals surface area contributed by atoms with Gasteiger partial charge in [-0.15, -0.1) is 0 Å². The molecule has 0 spiro atoms. The van der Waals surface area contributed by atoms with Crippen molar-refractivity contribution >= 4 is 33.6 Å². The zero-order valence-corrected chi connectivity index (χ0v) is 33.7. The van der Waals surface area contributed by atoms with Gasteiger partial charge in [0.25, 0.3) is 0 Å². The quantitative estimate of drug-likeness (QED) is 0.152. The minimum atomic E-state index is -0.583. The second-order valence-electron chi connectivity index (χ2n) is 18.5. The number of rotatable bonds is 10. The Balaban J connectivity index is 1.03. The number of likely N-dealkylation sites (tertiary alicyclic amines) is 1. The van der Waals surface area contributed by atoms with E-state index in [2.05, 4.69) is 21.9 Å². The van der Waals surface area contributed by atoms with E-state index in [1.165, 1.54) is 11.1 Å². The summed E-state index contributed by atoms with van der Waals surface area (Å²) in [5, 5.41) is 2.69. The molecule has 12 heteroatoms. The lowest BCUT2D eigenvalue weighted by Crippen LogP contribution is -2.57. The minimum Gasteiger partial charge on any atom is -0.468 e. The minimum absolute atomic E-state index is 0.0401. The van der Waals surface area contributed by atoms with E-state index in [0.717, 1.165) is 94.1 Å². The zero-order valence-electron chi connectivity index (χ0n) is 33.7. The first kappa shape index (κ1) is 37.0. The molecule has 0 N–H and O–H groups in total. The Hall–Kier alpha value is -4.26. The van der Waals surface area contributed by atoms with Gasteiger partial charge in [-0.2, -0.15) is 9.97 Å². The molecule has 5 fully saturated rings. The molecule has 0 radical (unpaired) electrons. The average molecular weight is 780 g/mol. The first-order valence-corrected chi connectivity index (χ1v) is 20.9. The molecule has 2 aliphatic carbocycles. The van der Waals surface area contributed by atoms with Crippen molar-refractivity contribution in [3.05, 3.63) is 53.3 Å². The first-order chi connectivity index (χ1) is 27.5. The Morgan fingerprint density at radius 3 is 2.44 bits per heavy atom. The van der Waals surface area contributed by atoms with Gasteiger partial charge in [-0.3, -0.25) is 4.90 Å². The number of ether oxygens (including phenoxy) is 5. The standard InChI is InChI=1S/C45H54FN5O6/c1-44(2,3)57-43(52)51-31-10-11-32(51)21-50(20-31)41-36-13-12-35(37-17-33(56-26-53-4)16-28-9-8-27-6-5-7-34(27)38(28)37)39(46)40(36)47-42(48-41)55-25-45(14-15-45)24-49-18-29-22-54-23-30(29)19-49/h8-9,12-13,16-17,29-32H,5-7,10-11,14-15,18-26H2,1-4H3/t29?,30?,31-,32+. The van der Waals surface area contributed by atoms with Crippen molar-refractivity contribution < 1.29 is 32.9 Å². The number of anilines is 1. The number of nitrogens with zero attached hydrogens (tertiary/aromatic N) is 5. The molecule has 4 saturated heterocycles. The van der Waals surface area contributed by atoms with E-state index in [0.29, 0.717) is 54.0 Å². The van der Waals surface area contributed by atoms with Gasteiger partial charge in [0.1, 0.15) is 22.7 Å². The number of piperazine rings is 1. The van der Waals surface area contributed by atoms with Crippen LogP contribution < -0.4 is 14.4 Å². The Bertz CT molecular complexity index is 2200. The molecule has 6 aliphatic rings. The van der Waals surface area contributed by atoms with E-state index in [4.69, 9.17) is 33.7 Å². The van der Waals surface area contributed by atoms with Crippen molar-refractivity contribution in [1.82, 2.24) is 19.8 Å². The number of aromatic nitrogens is 2. The van der Waals surface area contributed by atoms with Crippen molar-refractivity contribution in [2.45, 2.75) is 83.4 Å². The van der Waals surface area contributed by atoms with Crippen LogP contribution in [0.15, 0.2) is 36.4 Å². The molecule has 2 bridgehead atoms. The molecule has 3 aromatic carbocycles. The Morgan fingerprint density at radius 2 is 1.72 bits per heavy atom. The van der Waals surface area contributed by atoms with E-state index in [9.17, 15) is 4.79 Å². The summed E-state index contributed by atoms with van der Waals surface area (Å²) in [6, 6.07) is 12.2. The molecule has 1 saturated carbocycles. The van der Waals surface area contributed by atoms with E-state index in [1.807, 2.05) is 49.9 Å². The Kier molecular flexibility index (Phi) is 9.25. The van der Waals surface area contributed by atoms with Crippen molar-refractivity contribution in [3.63, 3.8) is 0 Å². The lowest BCUT2D eigenvalue weighted by Gasteiger charge is -2.42. The van der Waals surface area contributed by atoms with Gasteiger partial charge in [0.15, 0.2) is 12.6 Å². The molecular weight excluding hydrogens is 726 g/mol. The second-order valence-corrected chi connectivity index (χ2v) is 18.5. The number of halogens is 1. The van der Waals surface area contributed by atoms with E-state index in [1.54, 1.807) is 7.11 Å². The summed E-state index contributed by atoms with van der Waals surface area (Å²) >= 11 is 0. The SMILES string of the molecule is COCOc1cc(-c2ccc3c(N4C[C@H]5CC[C@@H](C4)N5C(=O)OC(C)(C)C)nc(OCC4(CN5CC6COCC6C5)CC4)nc3c2F)c2c3c(ccc2c1)CCC3. The van der Waals surface area contributed by atoms with Crippen LogP contribution in [0.3, 0.4) is 0 Å². The molecule has 4 aromatic rings. The second kappa shape index (κ2) is 14.2. The van der Waals surface area contributed by atoms with Crippen LogP contribution in [0.1, 0.15) is 64.0 Å². The van der Waals surface area contributed by atoms with Crippen LogP contribution >= 0.6 is 0 Å². The normalized spacial score (nSPS) is 25.0. The highest BCUT2D eigenvalue weighted by Crippen LogP contribution is 2.48. The molecule has 5 heterocycles. The lowest BCUT2D eigenvalue weighted by atomic mass is 9.91. The molecule has 1 aromatic heterocycles. The molecule has 11 nitrogen and oxygen atoms in total. The summed E-state index contributed by atoms with van der Waals surface area (Å²) in [7, 11) is 1.59. The number of carbonyl (C=O) groups excluding carboxylic acids is 1. The Labute approximate surface area is 333 Å². The Morgan fingerprint density at radius 1 is 0.947 bits per heavy atom. The summed E-state index contributed by atoms with van der Waals surface area (Å²) in [4.78, 5) is 30.0. The predicted molar refractivity (Wildman–Crippen MR) is 215 cm³/mol. The molecule has 302 valence electrons. The number of carbonyl (C=O) groups is 1. The third kappa shape index (κ3) is 6.95. The predicted octanol–water partition coefficient (Wildman–Crippen LogP) is 7.39. The van der Waals surface area contributed by atoms with Crippen molar-refractivity contribution in [3.8, 4) is 22.9 Å². The van der Waals surface area contributed by atoms with E-state index < -0.39 is 11.4 Å². The van der Waals surface area contributed by atoms with E-state index in [-0.39, 0.29) is 41.9 Å². The highest BCUT2D eigenvalue weighted by atomic mass is 19.1. The van der Waals surface area contributed by atoms with Gasteiger partial charge in [0.05, 0.1) is 31.9 Å². The number of aryl methyl sites for hydroxylation is 2. The van der Waals surface area contributed by atoms with Crippen LogP contribution in [0.25, 0.3) is 32.8 Å². The molecule has 57 heavy (non-hydrogen) atoms. The van der Waals surface area contributed by atoms with Crippen LogP contribution in [0, 0.1) is 23.1 Å². The van der Waals surface area contributed by atoms with Crippen molar-refractivity contribution in [2.24, 2.45) is 17.3 Å². The summed E-state index contributed by atoms with van der Waals surface area (Å²) in [6.07, 6.45) is 6.68. The molecule has 1 amide bonds. The highest BCUT2D eigenvalue weighted by Gasteiger charge is 2.48. The number of amides is 1. The van der Waals surface area contributed by atoms with Gasteiger partial charge in [0.2, 0.25) is 0 Å². The maximum absolute atomic E-state index is 17.6. The van der Waals surface area contributed by atoms with Gasteiger partial charge >= 0.3 is 12.1 Å². The maximum atomic E-state index is 17.6. The fourth-order valence-electron chi connectivity index (χ4n) is 10.4. The fourth-order valence-corrected chi connectivity index (χ4v) is 10.4.